The topological polar surface area (TPSA) is 71.2 Å². The molecule has 1 N–H and O–H groups in total. The molecule has 0 atom stereocenters. The molecule has 0 fully saturated rings. The van der Waals surface area contributed by atoms with Crippen molar-refractivity contribution < 1.29 is 18.7 Å². The monoisotopic (exact) mass is 404 g/mol. The van der Waals surface area contributed by atoms with Crippen LogP contribution in [0.15, 0.2) is 46.5 Å². The Hall–Kier alpha value is -2.78. The van der Waals surface area contributed by atoms with Crippen molar-refractivity contribution in [2.24, 2.45) is 7.05 Å². The third-order valence-corrected chi connectivity index (χ3v) is 5.25. The molecule has 146 valence electrons. The van der Waals surface area contributed by atoms with E-state index < -0.39 is 24.0 Å². The van der Waals surface area contributed by atoms with E-state index in [1.54, 1.807) is 11.6 Å². The number of Topliss-reactive ketones (excluding diaryl/α,β-unsaturated/α-hetero) is 1. The van der Waals surface area contributed by atoms with Gasteiger partial charge >= 0.3 is 0 Å². The molecule has 0 spiro atoms. The number of benzene rings is 2. The zero-order chi connectivity index (χ0) is 20.4. The summed E-state index contributed by atoms with van der Waals surface area (Å²) in [6.45, 7) is -0.815. The minimum absolute atomic E-state index is 0.221. The minimum Gasteiger partial charge on any atom is -0.388 e. The molecule has 1 aromatic heterocycles. The fraction of sp³-hybridized carbons (Fsp3) is 0.211. The van der Waals surface area contributed by atoms with E-state index in [0.29, 0.717) is 11.0 Å². The third-order valence-electron chi connectivity index (χ3n) is 4.11. The van der Waals surface area contributed by atoms with E-state index in [1.165, 1.54) is 0 Å². The summed E-state index contributed by atoms with van der Waals surface area (Å²) in [5.74, 6) is -2.00. The van der Waals surface area contributed by atoms with Gasteiger partial charge in [0.2, 0.25) is 0 Å². The van der Waals surface area contributed by atoms with Gasteiger partial charge in [-0.25, -0.2) is 8.78 Å². The van der Waals surface area contributed by atoms with Crippen molar-refractivity contribution in [3.05, 3.63) is 53.6 Å². The Balaban J connectivity index is 1.94. The highest BCUT2D eigenvalue weighted by Crippen LogP contribution is 2.33. The number of hydrogen-bond donors (Lipinski definition) is 1. The molecule has 6 nitrogen and oxygen atoms in total. The van der Waals surface area contributed by atoms with Gasteiger partial charge in [0.05, 0.1) is 4.90 Å². The molecule has 28 heavy (non-hydrogen) atoms. The second kappa shape index (κ2) is 8.07. The van der Waals surface area contributed by atoms with Crippen LogP contribution >= 0.6 is 11.8 Å². The zero-order valence-corrected chi connectivity index (χ0v) is 16.3. The summed E-state index contributed by atoms with van der Waals surface area (Å²) in [4.78, 5) is 13.1. The number of carbonyl (C=O) groups excluding carboxylic acids is 1. The van der Waals surface area contributed by atoms with Crippen LogP contribution in [0.1, 0.15) is 10.4 Å². The van der Waals surface area contributed by atoms with Crippen LogP contribution in [-0.4, -0.2) is 46.4 Å². The van der Waals surface area contributed by atoms with E-state index in [4.69, 9.17) is 5.11 Å². The smallest absolute Gasteiger partial charge is 0.196 e. The predicted octanol–water partition coefficient (Wildman–Crippen LogP) is 3.15. The summed E-state index contributed by atoms with van der Waals surface area (Å²) in [5, 5.41) is 17.3. The SMILES string of the molecule is CN(C)c1cccc(-c2nnc(Sc3c(F)cc(C(=O)CO)cc3F)n2C)c1. The highest BCUT2D eigenvalue weighted by Gasteiger charge is 2.19. The summed E-state index contributed by atoms with van der Waals surface area (Å²) in [6, 6.07) is 9.47. The van der Waals surface area contributed by atoms with E-state index in [0.717, 1.165) is 35.1 Å². The number of nitrogens with zero attached hydrogens (tertiary/aromatic N) is 4. The van der Waals surface area contributed by atoms with Gasteiger partial charge in [0, 0.05) is 38.0 Å². The van der Waals surface area contributed by atoms with Gasteiger partial charge in [-0.2, -0.15) is 0 Å². The quantitative estimate of drug-likeness (QED) is 0.637. The van der Waals surface area contributed by atoms with Crippen molar-refractivity contribution in [3.8, 4) is 11.4 Å². The Morgan fingerprint density at radius 2 is 1.86 bits per heavy atom. The van der Waals surface area contributed by atoms with Gasteiger partial charge in [0.15, 0.2) is 16.8 Å². The van der Waals surface area contributed by atoms with Crippen molar-refractivity contribution >= 4 is 23.2 Å². The summed E-state index contributed by atoms with van der Waals surface area (Å²) in [6.07, 6.45) is 0. The number of ketones is 1. The van der Waals surface area contributed by atoms with Gasteiger partial charge in [-0.1, -0.05) is 12.1 Å². The summed E-state index contributed by atoms with van der Waals surface area (Å²) in [7, 11) is 5.56. The number of rotatable bonds is 6. The van der Waals surface area contributed by atoms with Crippen LogP contribution < -0.4 is 4.90 Å². The van der Waals surface area contributed by atoms with Crippen LogP contribution in [0.3, 0.4) is 0 Å². The lowest BCUT2D eigenvalue weighted by Gasteiger charge is -2.13. The van der Waals surface area contributed by atoms with Crippen LogP contribution in [-0.2, 0) is 7.05 Å². The number of hydrogen-bond acceptors (Lipinski definition) is 6. The van der Waals surface area contributed by atoms with Crippen LogP contribution in [0.5, 0.6) is 0 Å². The van der Waals surface area contributed by atoms with Gasteiger partial charge in [0.25, 0.3) is 0 Å². The second-order valence-corrected chi connectivity index (χ2v) is 7.24. The maximum absolute atomic E-state index is 14.3. The highest BCUT2D eigenvalue weighted by atomic mass is 32.2. The Bertz CT molecular complexity index is 1010. The van der Waals surface area contributed by atoms with Gasteiger partial charge in [-0.3, -0.25) is 4.79 Å². The molecule has 0 saturated carbocycles. The average Bonchev–Trinajstić information content (AvgIpc) is 3.04. The third kappa shape index (κ3) is 3.90. The van der Waals surface area contributed by atoms with E-state index in [2.05, 4.69) is 10.2 Å². The minimum atomic E-state index is -0.902. The van der Waals surface area contributed by atoms with Crippen LogP contribution in [0.2, 0.25) is 0 Å². The van der Waals surface area contributed by atoms with E-state index in [1.807, 2.05) is 43.3 Å². The summed E-state index contributed by atoms with van der Waals surface area (Å²) in [5.41, 5.74) is 1.58. The number of aliphatic hydroxyl groups excluding tert-OH is 1. The summed E-state index contributed by atoms with van der Waals surface area (Å²) >= 11 is 0.777. The average molecular weight is 404 g/mol. The number of aromatic nitrogens is 3. The summed E-state index contributed by atoms with van der Waals surface area (Å²) < 4.78 is 30.3. The molecule has 2 aromatic carbocycles. The van der Waals surface area contributed by atoms with Crippen molar-refractivity contribution in [3.63, 3.8) is 0 Å². The highest BCUT2D eigenvalue weighted by molar-refractivity contribution is 7.99. The van der Waals surface area contributed by atoms with Crippen molar-refractivity contribution in [1.29, 1.82) is 0 Å². The number of halogens is 2. The van der Waals surface area contributed by atoms with Crippen molar-refractivity contribution in [2.45, 2.75) is 10.1 Å². The first-order valence-corrected chi connectivity index (χ1v) is 9.11. The van der Waals surface area contributed by atoms with Crippen molar-refractivity contribution in [2.75, 3.05) is 25.6 Å². The molecule has 9 heteroatoms. The molecule has 3 aromatic rings. The molecule has 0 saturated heterocycles. The molecule has 0 unspecified atom stereocenters. The zero-order valence-electron chi connectivity index (χ0n) is 15.5. The maximum Gasteiger partial charge on any atom is 0.196 e. The Morgan fingerprint density at radius 3 is 2.46 bits per heavy atom. The molecule has 0 aliphatic rings. The fourth-order valence-electron chi connectivity index (χ4n) is 2.58. The largest absolute Gasteiger partial charge is 0.388 e. The lowest BCUT2D eigenvalue weighted by Crippen LogP contribution is -2.08. The molecule has 1 heterocycles. The normalized spacial score (nSPS) is 10.9. The molecular formula is C19H18F2N4O2S. The Morgan fingerprint density at radius 1 is 1.18 bits per heavy atom. The van der Waals surface area contributed by atoms with E-state index in [9.17, 15) is 13.6 Å². The van der Waals surface area contributed by atoms with Gasteiger partial charge < -0.3 is 14.6 Å². The first-order chi connectivity index (χ1) is 13.3. The number of anilines is 1. The number of aliphatic hydroxyl groups is 1. The Kier molecular flexibility index (Phi) is 5.76. The van der Waals surface area contributed by atoms with Crippen LogP contribution in [0.4, 0.5) is 14.5 Å². The first kappa shape index (κ1) is 20.0. The van der Waals surface area contributed by atoms with Crippen LogP contribution in [0.25, 0.3) is 11.4 Å². The van der Waals surface area contributed by atoms with Gasteiger partial charge in [-0.05, 0) is 36.0 Å². The Labute approximate surface area is 164 Å². The standard InChI is InChI=1S/C19H18F2N4O2S/c1-24(2)13-6-4-5-11(7-13)18-22-23-19(25(18)3)28-17-14(20)8-12(9-15(17)21)16(27)10-26/h4-9,26H,10H2,1-3H3. The van der Waals surface area contributed by atoms with E-state index >= 15 is 0 Å². The van der Waals surface area contributed by atoms with Gasteiger partial charge in [-0.15, -0.1) is 10.2 Å². The molecule has 0 bridgehead atoms. The lowest BCUT2D eigenvalue weighted by molar-refractivity contribution is 0.0902. The predicted molar refractivity (Wildman–Crippen MR) is 103 cm³/mol. The lowest BCUT2D eigenvalue weighted by atomic mass is 10.1. The molecule has 0 radical (unpaired) electrons. The molecule has 3 rings (SSSR count). The maximum atomic E-state index is 14.3. The second-order valence-electron chi connectivity index (χ2n) is 6.26. The van der Waals surface area contributed by atoms with Crippen LogP contribution in [0, 0.1) is 11.6 Å². The molecule has 0 aliphatic heterocycles. The fourth-order valence-corrected chi connectivity index (χ4v) is 3.38. The van der Waals surface area contributed by atoms with Gasteiger partial charge in [0.1, 0.15) is 18.2 Å². The van der Waals surface area contributed by atoms with Crippen molar-refractivity contribution in [1.82, 2.24) is 14.8 Å². The first-order valence-electron chi connectivity index (χ1n) is 8.30. The van der Waals surface area contributed by atoms with E-state index in [-0.39, 0.29) is 10.5 Å². The molecule has 0 aliphatic carbocycles. The molecular weight excluding hydrogens is 386 g/mol. The number of carbonyl (C=O) groups is 1. The molecule has 0 amide bonds.